The van der Waals surface area contributed by atoms with Gasteiger partial charge >= 0.3 is 0 Å². The Hall–Kier alpha value is -2.61. The third kappa shape index (κ3) is 4.81. The number of nitrogens with zero attached hydrogens (tertiary/aromatic N) is 2. The Morgan fingerprint density at radius 3 is 2.75 bits per heavy atom. The number of carbonyl (C=O) groups excluding carboxylic acids is 1. The lowest BCUT2D eigenvalue weighted by Crippen LogP contribution is -2.36. The largest absolute Gasteiger partial charge is 0.489 e. The van der Waals surface area contributed by atoms with Gasteiger partial charge in [0.1, 0.15) is 35.0 Å². The molecule has 28 heavy (non-hydrogen) atoms. The molecule has 0 aliphatic carbocycles. The van der Waals surface area contributed by atoms with E-state index in [1.165, 1.54) is 41.4 Å². The molecule has 0 radical (unpaired) electrons. The second kappa shape index (κ2) is 9.05. The lowest BCUT2D eigenvalue weighted by Gasteiger charge is -2.15. The molecule has 0 bridgehead atoms. The van der Waals surface area contributed by atoms with Crippen LogP contribution < -0.4 is 10.1 Å². The molecule has 3 aromatic rings. The van der Waals surface area contributed by atoms with Crippen molar-refractivity contribution < 1.29 is 19.0 Å². The summed E-state index contributed by atoms with van der Waals surface area (Å²) < 4.78 is 20.0. The number of carbonyl (C=O) groups is 1. The van der Waals surface area contributed by atoms with E-state index in [9.17, 15) is 14.3 Å². The van der Waals surface area contributed by atoms with Gasteiger partial charge in [-0.1, -0.05) is 29.3 Å². The highest BCUT2D eigenvalue weighted by Crippen LogP contribution is 2.31. The Morgan fingerprint density at radius 2 is 2.00 bits per heavy atom. The summed E-state index contributed by atoms with van der Waals surface area (Å²) in [5.74, 6) is -0.478. The predicted molar refractivity (Wildman–Crippen MR) is 104 cm³/mol. The van der Waals surface area contributed by atoms with Gasteiger partial charge in [-0.2, -0.15) is 0 Å². The van der Waals surface area contributed by atoms with Gasteiger partial charge in [-0.3, -0.25) is 9.36 Å². The third-order valence-electron chi connectivity index (χ3n) is 3.82. The summed E-state index contributed by atoms with van der Waals surface area (Å²) in [5.41, 5.74) is 0.834. The Balaban J connectivity index is 1.56. The van der Waals surface area contributed by atoms with Crippen molar-refractivity contribution in [2.45, 2.75) is 6.10 Å². The Bertz CT molecular complexity index is 963. The first-order chi connectivity index (χ1) is 13.5. The van der Waals surface area contributed by atoms with Crippen molar-refractivity contribution in [1.29, 1.82) is 0 Å². The van der Waals surface area contributed by atoms with Crippen LogP contribution in [0.25, 0.3) is 5.69 Å². The smallest absolute Gasteiger partial charge is 0.270 e. The van der Waals surface area contributed by atoms with E-state index in [4.69, 9.17) is 27.9 Å². The molecule has 1 heterocycles. The van der Waals surface area contributed by atoms with Gasteiger partial charge in [0.2, 0.25) is 0 Å². The lowest BCUT2D eigenvalue weighted by atomic mass is 10.3. The average Bonchev–Trinajstić information content (AvgIpc) is 3.17. The van der Waals surface area contributed by atoms with Crippen LogP contribution in [0.15, 0.2) is 55.0 Å². The molecule has 6 nitrogen and oxygen atoms in total. The fourth-order valence-corrected chi connectivity index (χ4v) is 2.76. The van der Waals surface area contributed by atoms with Crippen molar-refractivity contribution >= 4 is 29.1 Å². The van der Waals surface area contributed by atoms with Crippen molar-refractivity contribution in [2.75, 3.05) is 13.2 Å². The standard InChI is InChI=1S/C19H16Cl2FN3O3/c20-15-2-1-3-17(18(15)21)28-10-14(26)8-24-19(27)16-9-23-11-25(16)13-6-4-12(22)5-7-13/h1-7,9,11,14,26H,8,10H2,(H,24,27). The quantitative estimate of drug-likeness (QED) is 0.609. The molecule has 146 valence electrons. The van der Waals surface area contributed by atoms with Gasteiger partial charge in [0, 0.05) is 12.2 Å². The van der Waals surface area contributed by atoms with Crippen molar-refractivity contribution in [3.8, 4) is 11.4 Å². The first-order valence-electron chi connectivity index (χ1n) is 8.27. The van der Waals surface area contributed by atoms with Gasteiger partial charge in [0.25, 0.3) is 5.91 Å². The van der Waals surface area contributed by atoms with Gasteiger partial charge < -0.3 is 15.2 Å². The zero-order valence-electron chi connectivity index (χ0n) is 14.5. The van der Waals surface area contributed by atoms with Crippen LogP contribution in [-0.4, -0.2) is 39.8 Å². The minimum Gasteiger partial charge on any atom is -0.489 e. The van der Waals surface area contributed by atoms with Crippen LogP contribution in [-0.2, 0) is 0 Å². The maximum Gasteiger partial charge on any atom is 0.270 e. The summed E-state index contributed by atoms with van der Waals surface area (Å²) in [5, 5.41) is 13.3. The molecule has 1 aromatic heterocycles. The van der Waals surface area contributed by atoms with Crippen LogP contribution >= 0.6 is 23.2 Å². The van der Waals surface area contributed by atoms with Gasteiger partial charge in [0.05, 0.1) is 17.5 Å². The van der Waals surface area contributed by atoms with Crippen LogP contribution in [0.2, 0.25) is 10.0 Å². The first-order valence-corrected chi connectivity index (χ1v) is 9.02. The van der Waals surface area contributed by atoms with Crippen LogP contribution in [0.3, 0.4) is 0 Å². The van der Waals surface area contributed by atoms with Crippen LogP contribution in [0, 0.1) is 5.82 Å². The number of nitrogens with one attached hydrogen (secondary N) is 1. The van der Waals surface area contributed by atoms with E-state index < -0.39 is 12.0 Å². The number of aliphatic hydroxyl groups excluding tert-OH is 1. The molecule has 2 N–H and O–H groups in total. The van der Waals surface area contributed by atoms with Crippen molar-refractivity contribution in [3.63, 3.8) is 0 Å². The molecular formula is C19H16Cl2FN3O3. The maximum absolute atomic E-state index is 13.1. The molecule has 0 aliphatic rings. The number of hydrogen-bond donors (Lipinski definition) is 2. The fourth-order valence-electron chi connectivity index (χ4n) is 2.41. The highest BCUT2D eigenvalue weighted by Gasteiger charge is 2.15. The van der Waals surface area contributed by atoms with Crippen molar-refractivity contribution in [3.05, 3.63) is 76.5 Å². The maximum atomic E-state index is 13.1. The van der Waals surface area contributed by atoms with Gasteiger partial charge in [-0.05, 0) is 36.4 Å². The predicted octanol–water partition coefficient (Wildman–Crippen LogP) is 3.49. The molecule has 1 atom stereocenters. The molecule has 2 aromatic carbocycles. The second-order valence-electron chi connectivity index (χ2n) is 5.85. The minimum atomic E-state index is -0.971. The molecule has 0 aliphatic heterocycles. The summed E-state index contributed by atoms with van der Waals surface area (Å²) >= 11 is 11.9. The third-order valence-corrected chi connectivity index (χ3v) is 4.62. The Kier molecular flexibility index (Phi) is 6.51. The van der Waals surface area contributed by atoms with E-state index in [0.717, 1.165) is 0 Å². The normalized spacial score (nSPS) is 11.9. The monoisotopic (exact) mass is 423 g/mol. The molecule has 0 saturated heterocycles. The lowest BCUT2D eigenvalue weighted by molar-refractivity contribution is 0.0838. The van der Waals surface area contributed by atoms with Crippen LogP contribution in [0.5, 0.6) is 5.75 Å². The second-order valence-corrected chi connectivity index (χ2v) is 6.64. The number of imidazole rings is 1. The van der Waals surface area contributed by atoms with Crippen molar-refractivity contribution in [1.82, 2.24) is 14.9 Å². The summed E-state index contributed by atoms with van der Waals surface area (Å²) in [7, 11) is 0. The van der Waals surface area contributed by atoms with E-state index in [1.807, 2.05) is 0 Å². The van der Waals surface area contributed by atoms with Gasteiger partial charge in [0.15, 0.2) is 0 Å². The number of rotatable bonds is 7. The fraction of sp³-hybridized carbons (Fsp3) is 0.158. The van der Waals surface area contributed by atoms with E-state index in [2.05, 4.69) is 10.3 Å². The van der Waals surface area contributed by atoms with E-state index >= 15 is 0 Å². The summed E-state index contributed by atoms with van der Waals surface area (Å²) in [6.07, 6.45) is 1.86. The molecule has 0 saturated carbocycles. The average molecular weight is 424 g/mol. The first kappa shape index (κ1) is 20.1. The number of halogens is 3. The summed E-state index contributed by atoms with van der Waals surface area (Å²) in [6, 6.07) is 10.6. The molecule has 0 spiro atoms. The number of hydrogen-bond acceptors (Lipinski definition) is 4. The van der Waals surface area contributed by atoms with Crippen LogP contribution in [0.1, 0.15) is 10.5 Å². The molecule has 9 heteroatoms. The van der Waals surface area contributed by atoms with Gasteiger partial charge in [-0.25, -0.2) is 9.37 Å². The number of ether oxygens (including phenoxy) is 1. The number of amides is 1. The highest BCUT2D eigenvalue weighted by atomic mass is 35.5. The number of aromatic nitrogens is 2. The zero-order chi connectivity index (χ0) is 20.1. The molecule has 3 rings (SSSR count). The zero-order valence-corrected chi connectivity index (χ0v) is 16.0. The Morgan fingerprint density at radius 1 is 1.25 bits per heavy atom. The number of aliphatic hydroxyl groups is 1. The van der Waals surface area contributed by atoms with Crippen molar-refractivity contribution in [2.24, 2.45) is 0 Å². The highest BCUT2D eigenvalue weighted by molar-refractivity contribution is 6.42. The topological polar surface area (TPSA) is 76.4 Å². The molecule has 0 fully saturated rings. The number of benzene rings is 2. The van der Waals surface area contributed by atoms with E-state index in [1.54, 1.807) is 18.2 Å². The summed E-state index contributed by atoms with van der Waals surface area (Å²) in [4.78, 5) is 16.4. The molecular weight excluding hydrogens is 408 g/mol. The Labute approximate surface area is 170 Å². The SMILES string of the molecule is O=C(NCC(O)COc1cccc(Cl)c1Cl)c1cncn1-c1ccc(F)cc1. The van der Waals surface area contributed by atoms with E-state index in [0.29, 0.717) is 16.5 Å². The summed E-state index contributed by atoms with van der Waals surface area (Å²) in [6.45, 7) is -0.136. The molecule has 1 unspecified atom stereocenters. The minimum absolute atomic E-state index is 0.0500. The van der Waals surface area contributed by atoms with E-state index in [-0.39, 0.29) is 29.7 Å². The van der Waals surface area contributed by atoms with Crippen LogP contribution in [0.4, 0.5) is 4.39 Å². The molecule has 1 amide bonds. The van der Waals surface area contributed by atoms with Gasteiger partial charge in [-0.15, -0.1) is 0 Å².